The van der Waals surface area contributed by atoms with E-state index in [1.165, 1.54) is 0 Å². The van der Waals surface area contributed by atoms with Gasteiger partial charge in [0.05, 0.1) is 12.2 Å². The van der Waals surface area contributed by atoms with E-state index in [1.54, 1.807) is 32.9 Å². The molecule has 3 rings (SSSR count). The van der Waals surface area contributed by atoms with Gasteiger partial charge in [0, 0.05) is 22.9 Å². The van der Waals surface area contributed by atoms with Gasteiger partial charge in [-0.15, -0.1) is 0 Å². The summed E-state index contributed by atoms with van der Waals surface area (Å²) in [5.74, 6) is -1.28. The van der Waals surface area contributed by atoms with Gasteiger partial charge in [0.25, 0.3) is 0 Å². The van der Waals surface area contributed by atoms with E-state index in [1.807, 2.05) is 12.1 Å². The molecule has 114 valence electrons. The average Bonchev–Trinajstić information content (AvgIpc) is 2.46. The predicted octanol–water partition coefficient (Wildman–Crippen LogP) is 2.62. The molecule has 0 fully saturated rings. The Morgan fingerprint density at radius 1 is 1.32 bits per heavy atom. The molecule has 2 heterocycles. The highest BCUT2D eigenvalue weighted by Crippen LogP contribution is 2.46. The summed E-state index contributed by atoms with van der Waals surface area (Å²) in [6.07, 6.45) is 0. The molecule has 0 aromatic heterocycles. The Morgan fingerprint density at radius 3 is 2.77 bits per heavy atom. The third-order valence-electron chi connectivity index (χ3n) is 4.05. The van der Waals surface area contributed by atoms with Crippen molar-refractivity contribution >= 4 is 17.7 Å². The van der Waals surface area contributed by atoms with Crippen LogP contribution in [0.25, 0.3) is 0 Å². The molecule has 0 saturated carbocycles. The van der Waals surface area contributed by atoms with Gasteiger partial charge >= 0.3 is 11.9 Å². The number of rotatable bonds is 2. The van der Waals surface area contributed by atoms with Crippen LogP contribution in [0, 0.1) is 5.92 Å². The van der Waals surface area contributed by atoms with Gasteiger partial charge in [0.1, 0.15) is 11.7 Å². The first-order valence-corrected chi connectivity index (χ1v) is 7.28. The maximum Gasteiger partial charge on any atom is 0.341 e. The number of allylic oxidation sites excluding steroid dienone is 1. The minimum absolute atomic E-state index is 0.291. The second-order valence-corrected chi connectivity index (χ2v) is 5.39. The number of fused-ring (bicyclic) bond motifs is 3. The van der Waals surface area contributed by atoms with Crippen LogP contribution in [0.1, 0.15) is 32.3 Å². The Hall–Kier alpha value is -2.43. The quantitative estimate of drug-likeness (QED) is 0.622. The van der Waals surface area contributed by atoms with E-state index in [9.17, 15) is 9.59 Å². The molecule has 5 nitrogen and oxygen atoms in total. The fourth-order valence-electron chi connectivity index (χ4n) is 3.16. The molecule has 1 unspecified atom stereocenters. The summed E-state index contributed by atoms with van der Waals surface area (Å²) >= 11 is 0. The van der Waals surface area contributed by atoms with Gasteiger partial charge in [-0.1, -0.05) is 18.2 Å². The highest BCUT2D eigenvalue weighted by atomic mass is 16.5. The molecule has 2 aliphatic rings. The molecule has 0 spiro atoms. The van der Waals surface area contributed by atoms with Crippen LogP contribution in [-0.2, 0) is 14.3 Å². The summed E-state index contributed by atoms with van der Waals surface area (Å²) < 4.78 is 10.6. The van der Waals surface area contributed by atoms with Crippen LogP contribution in [0.3, 0.4) is 0 Å². The molecular formula is C17H17NO4. The molecule has 0 radical (unpaired) electrons. The Kier molecular flexibility index (Phi) is 3.56. The summed E-state index contributed by atoms with van der Waals surface area (Å²) in [4.78, 5) is 29.1. The maximum absolute atomic E-state index is 12.4. The molecule has 5 heteroatoms. The van der Waals surface area contributed by atoms with Gasteiger partial charge in [-0.25, -0.2) is 4.79 Å². The predicted molar refractivity (Wildman–Crippen MR) is 80.8 cm³/mol. The van der Waals surface area contributed by atoms with Crippen molar-refractivity contribution in [1.29, 1.82) is 0 Å². The minimum atomic E-state index is -0.590. The van der Waals surface area contributed by atoms with E-state index in [0.29, 0.717) is 29.3 Å². The first-order chi connectivity index (χ1) is 10.5. The zero-order valence-corrected chi connectivity index (χ0v) is 12.8. The smallest absolute Gasteiger partial charge is 0.341 e. The molecule has 0 bridgehead atoms. The standard InChI is InChI=1S/C17H17NO4/c1-4-21-16(19)13-9(2)18-10(3)14-15(13)11-7-5-6-8-12(11)22-17(14)20/h5-8,13,15H,4H2,1-3H3/t13?,15-/m1/s1. The zero-order valence-electron chi connectivity index (χ0n) is 12.8. The van der Waals surface area contributed by atoms with Crippen molar-refractivity contribution in [3.05, 3.63) is 41.1 Å². The second-order valence-electron chi connectivity index (χ2n) is 5.39. The maximum atomic E-state index is 12.4. The summed E-state index contributed by atoms with van der Waals surface area (Å²) in [6.45, 7) is 5.62. The molecule has 2 atom stereocenters. The van der Waals surface area contributed by atoms with Gasteiger partial charge in [-0.3, -0.25) is 9.79 Å². The number of para-hydroxylation sites is 1. The highest BCUT2D eigenvalue weighted by molar-refractivity contribution is 6.08. The first-order valence-electron chi connectivity index (χ1n) is 7.28. The fourth-order valence-corrected chi connectivity index (χ4v) is 3.16. The molecule has 22 heavy (non-hydrogen) atoms. The third kappa shape index (κ3) is 2.13. The van der Waals surface area contributed by atoms with E-state index in [-0.39, 0.29) is 5.97 Å². The van der Waals surface area contributed by atoms with Crippen molar-refractivity contribution < 1.29 is 19.1 Å². The number of benzene rings is 1. The summed E-state index contributed by atoms with van der Waals surface area (Å²) in [5, 5.41) is 0. The van der Waals surface area contributed by atoms with E-state index in [2.05, 4.69) is 4.99 Å². The van der Waals surface area contributed by atoms with Crippen LogP contribution in [0.2, 0.25) is 0 Å². The monoisotopic (exact) mass is 299 g/mol. The van der Waals surface area contributed by atoms with Crippen LogP contribution in [0.5, 0.6) is 5.75 Å². The molecular weight excluding hydrogens is 282 g/mol. The number of hydrogen-bond acceptors (Lipinski definition) is 5. The Morgan fingerprint density at radius 2 is 2.05 bits per heavy atom. The normalized spacial score (nSPS) is 23.2. The van der Waals surface area contributed by atoms with Crippen LogP contribution in [0.15, 0.2) is 40.5 Å². The molecule has 1 aromatic rings. The lowest BCUT2D eigenvalue weighted by Crippen LogP contribution is -2.39. The van der Waals surface area contributed by atoms with E-state index in [4.69, 9.17) is 9.47 Å². The van der Waals surface area contributed by atoms with Gasteiger partial charge < -0.3 is 9.47 Å². The Balaban J connectivity index is 2.19. The van der Waals surface area contributed by atoms with Gasteiger partial charge in [0.2, 0.25) is 0 Å². The summed E-state index contributed by atoms with van der Waals surface area (Å²) in [6, 6.07) is 7.29. The van der Waals surface area contributed by atoms with Crippen LogP contribution >= 0.6 is 0 Å². The van der Waals surface area contributed by atoms with E-state index < -0.39 is 17.8 Å². The van der Waals surface area contributed by atoms with E-state index in [0.717, 1.165) is 5.56 Å². The lowest BCUT2D eigenvalue weighted by Gasteiger charge is -2.35. The van der Waals surface area contributed by atoms with Crippen LogP contribution < -0.4 is 4.74 Å². The molecule has 0 N–H and O–H groups in total. The Labute approximate surface area is 128 Å². The minimum Gasteiger partial charge on any atom is -0.465 e. The summed E-state index contributed by atoms with van der Waals surface area (Å²) in [7, 11) is 0. The molecule has 2 aliphatic heterocycles. The van der Waals surface area contributed by atoms with Crippen molar-refractivity contribution in [1.82, 2.24) is 0 Å². The van der Waals surface area contributed by atoms with E-state index >= 15 is 0 Å². The molecule has 1 aromatic carbocycles. The first kappa shape index (κ1) is 14.5. The average molecular weight is 299 g/mol. The number of aliphatic imine (C=N–C) groups is 1. The third-order valence-corrected chi connectivity index (χ3v) is 4.05. The molecule has 0 saturated heterocycles. The topological polar surface area (TPSA) is 65.0 Å². The van der Waals surface area contributed by atoms with Crippen LogP contribution in [-0.4, -0.2) is 24.3 Å². The lowest BCUT2D eigenvalue weighted by molar-refractivity contribution is -0.146. The van der Waals surface area contributed by atoms with Gasteiger partial charge in [-0.05, 0) is 26.8 Å². The lowest BCUT2D eigenvalue weighted by atomic mass is 9.74. The number of hydrogen-bond donors (Lipinski definition) is 0. The fraction of sp³-hybridized carbons (Fsp3) is 0.353. The number of ether oxygens (including phenoxy) is 2. The largest absolute Gasteiger partial charge is 0.465 e. The highest BCUT2D eigenvalue weighted by Gasteiger charge is 2.45. The van der Waals surface area contributed by atoms with Gasteiger partial charge in [0.15, 0.2) is 0 Å². The number of nitrogens with zero attached hydrogens (tertiary/aromatic N) is 1. The second kappa shape index (κ2) is 5.40. The number of carbonyl (C=O) groups excluding carboxylic acids is 2. The molecule has 0 aliphatic carbocycles. The summed E-state index contributed by atoms with van der Waals surface area (Å²) in [5.41, 5.74) is 2.53. The van der Waals surface area contributed by atoms with Gasteiger partial charge in [-0.2, -0.15) is 0 Å². The van der Waals surface area contributed by atoms with Crippen molar-refractivity contribution in [3.63, 3.8) is 0 Å². The SMILES string of the molecule is CCOC(=O)C1C(C)=NC(C)=C2C(=O)Oc3ccccc3[C@@H]21. The van der Waals surface area contributed by atoms with Crippen molar-refractivity contribution in [3.8, 4) is 5.75 Å². The van der Waals surface area contributed by atoms with Crippen molar-refractivity contribution in [2.24, 2.45) is 10.9 Å². The molecule has 0 amide bonds. The van der Waals surface area contributed by atoms with Crippen molar-refractivity contribution in [2.45, 2.75) is 26.7 Å². The van der Waals surface area contributed by atoms with Crippen molar-refractivity contribution in [2.75, 3.05) is 6.61 Å². The Bertz CT molecular complexity index is 717. The number of carbonyl (C=O) groups is 2. The number of esters is 2. The van der Waals surface area contributed by atoms with Crippen LogP contribution in [0.4, 0.5) is 0 Å². The zero-order chi connectivity index (χ0) is 15.9.